The van der Waals surface area contributed by atoms with Crippen LogP contribution in [0.3, 0.4) is 0 Å². The van der Waals surface area contributed by atoms with Gasteiger partial charge in [0, 0.05) is 6.04 Å². The summed E-state index contributed by atoms with van der Waals surface area (Å²) in [5, 5.41) is 3.35. The lowest BCUT2D eigenvalue weighted by Crippen LogP contribution is -2.26. The van der Waals surface area contributed by atoms with Crippen molar-refractivity contribution in [3.05, 3.63) is 12.2 Å². The van der Waals surface area contributed by atoms with Gasteiger partial charge < -0.3 is 5.32 Å². The van der Waals surface area contributed by atoms with Crippen molar-refractivity contribution < 1.29 is 0 Å². The molecule has 0 aromatic rings. The van der Waals surface area contributed by atoms with E-state index in [9.17, 15) is 0 Å². The third kappa shape index (κ3) is 4.60. The van der Waals surface area contributed by atoms with E-state index in [0.717, 1.165) is 35.5 Å². The van der Waals surface area contributed by atoms with E-state index in [2.05, 4.69) is 67.4 Å². The monoisotopic (exact) mass is 307 g/mol. The van der Waals surface area contributed by atoms with Crippen LogP contribution in [-0.2, 0) is 0 Å². The molecule has 1 aliphatic carbocycles. The van der Waals surface area contributed by atoms with E-state index in [1.54, 1.807) is 5.57 Å². The van der Waals surface area contributed by atoms with Crippen molar-refractivity contribution in [2.24, 2.45) is 41.4 Å². The first kappa shape index (κ1) is 19.7. The van der Waals surface area contributed by atoms with Gasteiger partial charge in [-0.05, 0) is 74.7 Å². The number of hydrogen-bond donors (Lipinski definition) is 1. The maximum Gasteiger partial charge on any atom is 0.00358 e. The predicted octanol–water partition coefficient (Wildman–Crippen LogP) is 5.77. The molecule has 0 heterocycles. The molecule has 0 radical (unpaired) electrons. The highest BCUT2D eigenvalue weighted by Crippen LogP contribution is 2.50. The minimum absolute atomic E-state index is 0.623. The molecule has 0 spiro atoms. The number of hydrogen-bond acceptors (Lipinski definition) is 1. The molecule has 1 nitrogen and oxygen atoms in total. The Hall–Kier alpha value is -0.300. The van der Waals surface area contributed by atoms with Gasteiger partial charge >= 0.3 is 0 Å². The van der Waals surface area contributed by atoms with E-state index < -0.39 is 0 Å². The molecule has 1 heteroatoms. The average Bonchev–Trinajstić information content (AvgIpc) is 2.78. The van der Waals surface area contributed by atoms with Crippen LogP contribution in [0.25, 0.3) is 0 Å². The molecular formula is C21H41N. The van der Waals surface area contributed by atoms with Gasteiger partial charge in [-0.25, -0.2) is 0 Å². The summed E-state index contributed by atoms with van der Waals surface area (Å²) in [5.41, 5.74) is 1.54. The van der Waals surface area contributed by atoms with Crippen LogP contribution in [0.15, 0.2) is 12.2 Å². The molecule has 0 bridgehead atoms. The lowest BCUT2D eigenvalue weighted by atomic mass is 9.72. The minimum Gasteiger partial charge on any atom is -0.317 e. The molecule has 1 fully saturated rings. The predicted molar refractivity (Wildman–Crippen MR) is 100.0 cm³/mol. The Morgan fingerprint density at radius 1 is 1.09 bits per heavy atom. The molecule has 5 unspecified atom stereocenters. The summed E-state index contributed by atoms with van der Waals surface area (Å²) in [4.78, 5) is 0. The van der Waals surface area contributed by atoms with Gasteiger partial charge in [-0.15, -0.1) is 0 Å². The number of allylic oxidation sites excluding steroid dienone is 1. The molecule has 1 saturated carbocycles. The van der Waals surface area contributed by atoms with E-state index in [1.807, 2.05) is 0 Å². The third-order valence-electron chi connectivity index (χ3n) is 6.83. The molecule has 7 atom stereocenters. The SMILES string of the molecule is C=C(C1CC(C)C(C)C1C(C)C)C(C)[C@@H](C)CC[C@H](C)NC. The highest BCUT2D eigenvalue weighted by atomic mass is 14.8. The zero-order valence-electron chi connectivity index (χ0n) is 16.4. The van der Waals surface area contributed by atoms with Crippen molar-refractivity contribution in [2.45, 2.75) is 73.8 Å². The highest BCUT2D eigenvalue weighted by Gasteiger charge is 2.42. The largest absolute Gasteiger partial charge is 0.317 e. The van der Waals surface area contributed by atoms with Gasteiger partial charge in [0.1, 0.15) is 0 Å². The summed E-state index contributed by atoms with van der Waals surface area (Å²) >= 11 is 0. The maximum absolute atomic E-state index is 4.59. The van der Waals surface area contributed by atoms with E-state index >= 15 is 0 Å². The smallest absolute Gasteiger partial charge is 0.00358 e. The Bertz CT molecular complexity index is 346. The second-order valence-electron chi connectivity index (χ2n) is 8.61. The van der Waals surface area contributed by atoms with Crippen LogP contribution in [0.5, 0.6) is 0 Å². The van der Waals surface area contributed by atoms with Gasteiger partial charge in [-0.2, -0.15) is 0 Å². The standard InChI is InChI=1S/C21H41N/c1-13(2)21-18(7)15(4)12-20(21)19(8)17(6)14(3)10-11-16(5)22-9/h13-18,20-22H,8,10-12H2,1-7,9H3/t14-,15?,16-,17?,18?,20?,21?/m0/s1. The van der Waals surface area contributed by atoms with Gasteiger partial charge in [-0.1, -0.05) is 53.7 Å². The van der Waals surface area contributed by atoms with Crippen LogP contribution in [-0.4, -0.2) is 13.1 Å². The fraction of sp³-hybridized carbons (Fsp3) is 0.905. The lowest BCUT2D eigenvalue weighted by molar-refractivity contribution is 0.234. The Morgan fingerprint density at radius 3 is 2.18 bits per heavy atom. The van der Waals surface area contributed by atoms with Crippen molar-refractivity contribution in [2.75, 3.05) is 7.05 Å². The first-order valence-electron chi connectivity index (χ1n) is 9.56. The summed E-state index contributed by atoms with van der Waals surface area (Å²) in [5.74, 6) is 5.41. The van der Waals surface area contributed by atoms with Gasteiger partial charge in [-0.3, -0.25) is 0 Å². The molecule has 1 N–H and O–H groups in total. The Labute approximate surface area is 140 Å². The molecule has 0 aromatic heterocycles. The molecule has 1 rings (SSSR count). The Balaban J connectivity index is 2.68. The maximum atomic E-state index is 4.59. The van der Waals surface area contributed by atoms with E-state index in [-0.39, 0.29) is 0 Å². The van der Waals surface area contributed by atoms with Crippen molar-refractivity contribution in [3.8, 4) is 0 Å². The van der Waals surface area contributed by atoms with Crippen molar-refractivity contribution >= 4 is 0 Å². The lowest BCUT2D eigenvalue weighted by Gasteiger charge is -2.33. The molecule has 1 aliphatic rings. The molecule has 0 saturated heterocycles. The van der Waals surface area contributed by atoms with Crippen LogP contribution in [0.1, 0.15) is 67.7 Å². The first-order chi connectivity index (χ1) is 10.2. The summed E-state index contributed by atoms with van der Waals surface area (Å²) < 4.78 is 0. The fourth-order valence-electron chi connectivity index (χ4n) is 4.60. The van der Waals surface area contributed by atoms with Crippen LogP contribution in [0.4, 0.5) is 0 Å². The van der Waals surface area contributed by atoms with Gasteiger partial charge in [0.2, 0.25) is 0 Å². The van der Waals surface area contributed by atoms with Crippen LogP contribution >= 0.6 is 0 Å². The first-order valence-corrected chi connectivity index (χ1v) is 9.56. The van der Waals surface area contributed by atoms with E-state index in [4.69, 9.17) is 0 Å². The minimum atomic E-state index is 0.623. The summed E-state index contributed by atoms with van der Waals surface area (Å²) in [6.07, 6.45) is 3.92. The Morgan fingerprint density at radius 2 is 1.68 bits per heavy atom. The number of rotatable bonds is 8. The van der Waals surface area contributed by atoms with Gasteiger partial charge in [0.05, 0.1) is 0 Å². The van der Waals surface area contributed by atoms with Crippen LogP contribution in [0, 0.1) is 41.4 Å². The summed E-state index contributed by atoms with van der Waals surface area (Å²) in [7, 11) is 2.06. The van der Waals surface area contributed by atoms with Gasteiger partial charge in [0.15, 0.2) is 0 Å². The third-order valence-corrected chi connectivity index (χ3v) is 6.83. The normalized spacial score (nSPS) is 33.0. The molecule has 22 heavy (non-hydrogen) atoms. The van der Waals surface area contributed by atoms with E-state index in [0.29, 0.717) is 12.0 Å². The zero-order chi connectivity index (χ0) is 17.0. The van der Waals surface area contributed by atoms with Crippen LogP contribution in [0.2, 0.25) is 0 Å². The van der Waals surface area contributed by atoms with Crippen molar-refractivity contribution in [1.82, 2.24) is 5.32 Å². The Kier molecular flexibility index (Phi) is 7.65. The molecule has 0 aromatic carbocycles. The molecular weight excluding hydrogens is 266 g/mol. The fourth-order valence-corrected chi connectivity index (χ4v) is 4.60. The quantitative estimate of drug-likeness (QED) is 0.561. The second-order valence-corrected chi connectivity index (χ2v) is 8.61. The topological polar surface area (TPSA) is 12.0 Å². The zero-order valence-corrected chi connectivity index (χ0v) is 16.4. The molecule has 130 valence electrons. The van der Waals surface area contributed by atoms with E-state index in [1.165, 1.54) is 19.3 Å². The summed E-state index contributed by atoms with van der Waals surface area (Å²) in [6.45, 7) is 21.4. The number of nitrogens with one attached hydrogen (secondary N) is 1. The average molecular weight is 308 g/mol. The molecule has 0 aliphatic heterocycles. The second kappa shape index (κ2) is 8.52. The van der Waals surface area contributed by atoms with Crippen molar-refractivity contribution in [3.63, 3.8) is 0 Å². The molecule has 0 amide bonds. The van der Waals surface area contributed by atoms with Gasteiger partial charge in [0.25, 0.3) is 0 Å². The summed E-state index contributed by atoms with van der Waals surface area (Å²) in [6, 6.07) is 0.623. The van der Waals surface area contributed by atoms with Crippen molar-refractivity contribution in [1.29, 1.82) is 0 Å². The van der Waals surface area contributed by atoms with Crippen LogP contribution < -0.4 is 5.32 Å². The highest BCUT2D eigenvalue weighted by molar-refractivity contribution is 5.12.